The number of likely N-dealkylation sites (N-methyl/N-ethyl adjacent to an activating group) is 1. The van der Waals surface area contributed by atoms with E-state index >= 15 is 0 Å². The number of phenolic OH excluding ortho intramolecular Hbond substituents is 1. The third-order valence-corrected chi connectivity index (χ3v) is 6.73. The molecule has 16 heteroatoms. The molecule has 1 saturated heterocycles. The van der Waals surface area contributed by atoms with Crippen LogP contribution in [0.15, 0.2) is 36.4 Å². The van der Waals surface area contributed by atoms with E-state index in [1.807, 2.05) is 0 Å². The van der Waals surface area contributed by atoms with Crippen molar-refractivity contribution in [2.24, 2.45) is 0 Å². The van der Waals surface area contributed by atoms with Crippen LogP contribution in [0.5, 0.6) is 11.5 Å². The number of carbonyl (C=O) groups is 6. The smallest absolute Gasteiger partial charge is 0.534 e. The Morgan fingerprint density at radius 3 is 2.44 bits per heavy atom. The molecule has 2 aromatic rings. The van der Waals surface area contributed by atoms with Crippen LogP contribution in [0.2, 0.25) is 0 Å². The highest BCUT2D eigenvalue weighted by atomic mass is 16.5. The van der Waals surface area contributed by atoms with Crippen LogP contribution in [0.3, 0.4) is 0 Å². The number of imide groups is 1. The summed E-state index contributed by atoms with van der Waals surface area (Å²) in [7, 11) is -1.70. The first-order valence-electron chi connectivity index (χ1n) is 12.4. The molecule has 0 spiro atoms. The molecule has 15 nitrogen and oxygen atoms in total. The zero-order chi connectivity index (χ0) is 30.0. The van der Waals surface area contributed by atoms with Crippen molar-refractivity contribution >= 4 is 42.8 Å². The number of piperazine rings is 1. The number of rotatable bonds is 7. The fourth-order valence-corrected chi connectivity index (χ4v) is 4.56. The highest BCUT2D eigenvalue weighted by molar-refractivity contribution is 6.47. The van der Waals surface area contributed by atoms with Crippen molar-refractivity contribution in [3.8, 4) is 11.5 Å². The van der Waals surface area contributed by atoms with Crippen molar-refractivity contribution in [3.05, 3.63) is 58.7 Å². The average molecular weight is 568 g/mol. The number of fused-ring (bicyclic) bond motifs is 1. The molecule has 6 N–H and O–H groups in total. The second-order valence-electron chi connectivity index (χ2n) is 9.23. The van der Waals surface area contributed by atoms with Crippen LogP contribution in [0, 0.1) is 0 Å². The average Bonchev–Trinajstić information content (AvgIpc) is 2.93. The molecule has 2 heterocycles. The minimum Gasteiger partial charge on any atom is -0.534 e. The van der Waals surface area contributed by atoms with Gasteiger partial charge in [0.15, 0.2) is 0 Å². The highest BCUT2D eigenvalue weighted by Crippen LogP contribution is 2.31. The quantitative estimate of drug-likeness (QED) is 0.182. The minimum atomic E-state index is -1.73. The topological polar surface area (TPSA) is 223 Å². The Kier molecular flexibility index (Phi) is 8.14. The van der Waals surface area contributed by atoms with Crippen LogP contribution in [0.4, 0.5) is 4.79 Å². The van der Waals surface area contributed by atoms with E-state index < -0.39 is 60.5 Å². The molecule has 2 atom stereocenters. The van der Waals surface area contributed by atoms with E-state index in [9.17, 15) is 49.1 Å². The van der Waals surface area contributed by atoms with E-state index in [0.717, 1.165) is 18.2 Å². The van der Waals surface area contributed by atoms with E-state index in [1.165, 1.54) is 17.0 Å². The Morgan fingerprint density at radius 2 is 1.80 bits per heavy atom. The van der Waals surface area contributed by atoms with Crippen molar-refractivity contribution in [1.29, 1.82) is 0 Å². The van der Waals surface area contributed by atoms with Gasteiger partial charge in [-0.1, -0.05) is 18.2 Å². The number of phenols is 1. The van der Waals surface area contributed by atoms with Crippen LogP contribution >= 0.6 is 0 Å². The molecule has 2 aromatic carbocycles. The van der Waals surface area contributed by atoms with Crippen molar-refractivity contribution in [3.63, 3.8) is 0 Å². The number of hydrogen-bond acceptors (Lipinski definition) is 9. The Hall–Kier alpha value is -5.12. The standard InChI is InChI=1S/C25H25BN4O11/c1-2-29-8-9-30(22(34)21(29)33)25(39)28-18(14-7-6-13(23(35)36)10-16(14)31)20(32)27-17-11-12-4-3-5-15(24(37)38)19(12)41-26(17)40/h3-7,10,17-18,31,40H,2,8-9,11H2,1H3,(H,27,32)(H,28,39)(H,35,36)(H,37,38)/t17-,18+/m0/s1. The first-order valence-corrected chi connectivity index (χ1v) is 12.4. The number of para-hydroxylation sites is 1. The van der Waals surface area contributed by atoms with Crippen molar-refractivity contribution in [2.45, 2.75) is 25.3 Å². The van der Waals surface area contributed by atoms with E-state index in [0.29, 0.717) is 10.5 Å². The molecule has 0 unspecified atom stereocenters. The number of nitrogens with one attached hydrogen (secondary N) is 2. The zero-order valence-electron chi connectivity index (χ0n) is 21.6. The minimum absolute atomic E-state index is 0.0628. The molecule has 0 radical (unpaired) electrons. The Morgan fingerprint density at radius 1 is 1.07 bits per heavy atom. The summed E-state index contributed by atoms with van der Waals surface area (Å²) < 4.78 is 5.37. The van der Waals surface area contributed by atoms with E-state index in [4.69, 9.17) is 4.65 Å². The van der Waals surface area contributed by atoms with Gasteiger partial charge in [-0.25, -0.2) is 14.4 Å². The van der Waals surface area contributed by atoms with Gasteiger partial charge in [0.25, 0.3) is 0 Å². The number of carboxylic acid groups (broad SMARTS) is 2. The maximum atomic E-state index is 13.5. The Bertz CT molecular complexity index is 1450. The van der Waals surface area contributed by atoms with Crippen LogP contribution in [0.25, 0.3) is 0 Å². The summed E-state index contributed by atoms with van der Waals surface area (Å²) in [6, 6.07) is 4.48. The van der Waals surface area contributed by atoms with E-state index in [-0.39, 0.29) is 48.5 Å². The number of aromatic hydroxyl groups is 1. The summed E-state index contributed by atoms with van der Waals surface area (Å²) in [5.41, 5.74) is -0.378. The number of benzene rings is 2. The second-order valence-corrected chi connectivity index (χ2v) is 9.23. The van der Waals surface area contributed by atoms with E-state index in [2.05, 4.69) is 10.6 Å². The largest absolute Gasteiger partial charge is 0.547 e. The molecule has 1 fully saturated rings. The van der Waals surface area contributed by atoms with Gasteiger partial charge < -0.3 is 40.5 Å². The Balaban J connectivity index is 1.61. The Labute approximate surface area is 232 Å². The third-order valence-electron chi connectivity index (χ3n) is 6.73. The summed E-state index contributed by atoms with van der Waals surface area (Å²) in [5, 5.41) is 44.5. The monoisotopic (exact) mass is 568 g/mol. The molecule has 41 heavy (non-hydrogen) atoms. The molecular weight excluding hydrogens is 543 g/mol. The lowest BCUT2D eigenvalue weighted by molar-refractivity contribution is -0.153. The molecule has 214 valence electrons. The van der Waals surface area contributed by atoms with Crippen molar-refractivity contribution in [1.82, 2.24) is 20.4 Å². The predicted octanol–water partition coefficient (Wildman–Crippen LogP) is -0.630. The lowest BCUT2D eigenvalue weighted by atomic mass is 9.72. The number of urea groups is 1. The molecule has 0 aliphatic carbocycles. The molecule has 0 aromatic heterocycles. The van der Waals surface area contributed by atoms with Crippen LogP contribution < -0.4 is 15.3 Å². The van der Waals surface area contributed by atoms with Crippen LogP contribution in [0.1, 0.15) is 44.8 Å². The van der Waals surface area contributed by atoms with Gasteiger partial charge in [0.1, 0.15) is 17.5 Å². The molecule has 0 saturated carbocycles. The number of hydrogen-bond donors (Lipinski definition) is 6. The SMILES string of the molecule is CCN1CCN(C(=O)N[C@@H](C(=O)N[C@H]2Cc3cccc(C(=O)O)c3OB2O)c2ccc(C(=O)O)cc2O)C(=O)C1=O. The summed E-state index contributed by atoms with van der Waals surface area (Å²) in [6.45, 7) is 1.81. The van der Waals surface area contributed by atoms with E-state index in [1.54, 1.807) is 13.0 Å². The van der Waals surface area contributed by atoms with Gasteiger partial charge in [-0.2, -0.15) is 0 Å². The summed E-state index contributed by atoms with van der Waals surface area (Å²) in [6.07, 6.45) is -0.0695. The van der Waals surface area contributed by atoms with Gasteiger partial charge in [0, 0.05) is 25.2 Å². The molecular formula is C25H25BN4O11. The van der Waals surface area contributed by atoms with Gasteiger partial charge in [-0.15, -0.1) is 0 Å². The zero-order valence-corrected chi connectivity index (χ0v) is 21.6. The summed E-state index contributed by atoms with van der Waals surface area (Å²) in [4.78, 5) is 76.1. The number of aromatic carboxylic acids is 2. The molecule has 5 amide bonds. The lowest BCUT2D eigenvalue weighted by Gasteiger charge is -2.33. The van der Waals surface area contributed by atoms with Gasteiger partial charge in [-0.3, -0.25) is 19.3 Å². The number of amides is 5. The van der Waals surface area contributed by atoms with Gasteiger partial charge in [0.05, 0.1) is 17.1 Å². The van der Waals surface area contributed by atoms with Crippen molar-refractivity contribution in [2.75, 3.05) is 19.6 Å². The van der Waals surface area contributed by atoms with Crippen LogP contribution in [-0.4, -0.2) is 98.5 Å². The molecule has 4 rings (SSSR count). The summed E-state index contributed by atoms with van der Waals surface area (Å²) in [5.74, 6) is -7.56. The first kappa shape index (κ1) is 28.9. The number of carbonyl (C=O) groups excluding carboxylic acids is 4. The lowest BCUT2D eigenvalue weighted by Crippen LogP contribution is -2.60. The summed E-state index contributed by atoms with van der Waals surface area (Å²) >= 11 is 0. The molecule has 2 aliphatic heterocycles. The highest BCUT2D eigenvalue weighted by Gasteiger charge is 2.41. The number of nitrogens with zero attached hydrogens (tertiary/aromatic N) is 2. The third kappa shape index (κ3) is 5.77. The fourth-order valence-electron chi connectivity index (χ4n) is 4.56. The number of carboxylic acids is 2. The van der Waals surface area contributed by atoms with Crippen molar-refractivity contribution < 1.29 is 53.8 Å². The molecule has 2 aliphatic rings. The first-order chi connectivity index (χ1) is 19.4. The predicted molar refractivity (Wildman–Crippen MR) is 138 cm³/mol. The van der Waals surface area contributed by atoms with Gasteiger partial charge >= 0.3 is 36.9 Å². The normalized spacial score (nSPS) is 17.3. The maximum absolute atomic E-state index is 13.5. The maximum Gasteiger partial charge on any atom is 0.547 e. The second kappa shape index (κ2) is 11.6. The molecule has 0 bridgehead atoms. The van der Waals surface area contributed by atoms with Gasteiger partial charge in [-0.05, 0) is 37.1 Å². The fraction of sp³-hybridized carbons (Fsp3) is 0.280. The van der Waals surface area contributed by atoms with Crippen LogP contribution in [-0.2, 0) is 20.8 Å². The van der Waals surface area contributed by atoms with Gasteiger partial charge in [0.2, 0.25) is 5.91 Å².